The van der Waals surface area contributed by atoms with Gasteiger partial charge in [0.05, 0.1) is 23.0 Å². The molecule has 2 rings (SSSR count). The zero-order valence-electron chi connectivity index (χ0n) is 9.10. The maximum absolute atomic E-state index is 9.67. The van der Waals surface area contributed by atoms with Crippen LogP contribution >= 0.6 is 0 Å². The Morgan fingerprint density at radius 3 is 2.69 bits per heavy atom. The van der Waals surface area contributed by atoms with Gasteiger partial charge in [-0.1, -0.05) is 6.07 Å². The molecule has 16 heavy (non-hydrogen) atoms. The minimum absolute atomic E-state index is 0.197. The second kappa shape index (κ2) is 3.70. The average Bonchev–Trinajstić information content (AvgIpc) is 2.57. The molecule has 0 atom stereocenters. The summed E-state index contributed by atoms with van der Waals surface area (Å²) in [5, 5.41) is 22.7. The molecule has 1 aromatic carbocycles. The summed E-state index contributed by atoms with van der Waals surface area (Å²) in [6.45, 7) is 3.53. The molecule has 2 aromatic rings. The second-order valence-corrected chi connectivity index (χ2v) is 3.59. The molecule has 4 nitrogen and oxygen atoms in total. The molecule has 0 amide bonds. The third kappa shape index (κ3) is 1.52. The van der Waals surface area contributed by atoms with Crippen molar-refractivity contribution in [2.75, 3.05) is 0 Å². The van der Waals surface area contributed by atoms with Gasteiger partial charge in [-0.2, -0.15) is 10.4 Å². The van der Waals surface area contributed by atoms with E-state index in [4.69, 9.17) is 5.26 Å². The summed E-state index contributed by atoms with van der Waals surface area (Å²) in [6.07, 6.45) is 0. The molecule has 0 aliphatic carbocycles. The number of aromatic hydroxyl groups is 1. The fourth-order valence-electron chi connectivity index (χ4n) is 1.59. The third-order valence-corrected chi connectivity index (χ3v) is 2.47. The molecule has 0 bridgehead atoms. The number of benzene rings is 1. The SMILES string of the molecule is Cc1nn(-c2cccc(C#N)c2)c(C)c1O. The molecule has 0 radical (unpaired) electrons. The summed E-state index contributed by atoms with van der Waals surface area (Å²) in [6, 6.07) is 9.18. The molecule has 0 saturated heterocycles. The Labute approximate surface area is 93.4 Å². The van der Waals surface area contributed by atoms with Crippen molar-refractivity contribution in [1.29, 1.82) is 5.26 Å². The van der Waals surface area contributed by atoms with Gasteiger partial charge in [-0.15, -0.1) is 0 Å². The molecule has 1 heterocycles. The average molecular weight is 213 g/mol. The number of aryl methyl sites for hydroxylation is 1. The van der Waals surface area contributed by atoms with Crippen LogP contribution in [0.4, 0.5) is 0 Å². The van der Waals surface area contributed by atoms with Gasteiger partial charge in [0.1, 0.15) is 5.69 Å². The van der Waals surface area contributed by atoms with E-state index in [9.17, 15) is 5.11 Å². The van der Waals surface area contributed by atoms with Gasteiger partial charge in [-0.3, -0.25) is 0 Å². The van der Waals surface area contributed by atoms with Crippen molar-refractivity contribution >= 4 is 0 Å². The molecule has 80 valence electrons. The fraction of sp³-hybridized carbons (Fsp3) is 0.167. The van der Waals surface area contributed by atoms with Crippen molar-refractivity contribution in [3.05, 3.63) is 41.2 Å². The zero-order valence-corrected chi connectivity index (χ0v) is 9.10. The molecular formula is C12H11N3O. The second-order valence-electron chi connectivity index (χ2n) is 3.59. The van der Waals surface area contributed by atoms with E-state index >= 15 is 0 Å². The Hall–Kier alpha value is -2.28. The highest BCUT2D eigenvalue weighted by atomic mass is 16.3. The Morgan fingerprint density at radius 2 is 2.12 bits per heavy atom. The van der Waals surface area contributed by atoms with Gasteiger partial charge < -0.3 is 5.11 Å². The largest absolute Gasteiger partial charge is 0.504 e. The Morgan fingerprint density at radius 1 is 1.38 bits per heavy atom. The number of hydrogen-bond donors (Lipinski definition) is 1. The lowest BCUT2D eigenvalue weighted by Crippen LogP contribution is -1.99. The van der Waals surface area contributed by atoms with Gasteiger partial charge in [0.25, 0.3) is 0 Å². The summed E-state index contributed by atoms with van der Waals surface area (Å²) in [4.78, 5) is 0. The van der Waals surface area contributed by atoms with E-state index in [0.29, 0.717) is 17.0 Å². The van der Waals surface area contributed by atoms with Crippen LogP contribution in [-0.4, -0.2) is 14.9 Å². The minimum atomic E-state index is 0.197. The van der Waals surface area contributed by atoms with Crippen molar-refractivity contribution in [2.24, 2.45) is 0 Å². The number of nitrogens with zero attached hydrogens (tertiary/aromatic N) is 3. The molecular weight excluding hydrogens is 202 g/mol. The van der Waals surface area contributed by atoms with Crippen LogP contribution < -0.4 is 0 Å². The first kappa shape index (κ1) is 10.2. The van der Waals surface area contributed by atoms with E-state index < -0.39 is 0 Å². The normalized spacial score (nSPS) is 10.1. The van der Waals surface area contributed by atoms with Crippen molar-refractivity contribution in [3.8, 4) is 17.5 Å². The van der Waals surface area contributed by atoms with Gasteiger partial charge in [-0.05, 0) is 32.0 Å². The van der Waals surface area contributed by atoms with Crippen LogP contribution in [0.1, 0.15) is 17.0 Å². The highest BCUT2D eigenvalue weighted by Crippen LogP contribution is 2.23. The molecule has 0 fully saturated rings. The Bertz CT molecular complexity index is 578. The van der Waals surface area contributed by atoms with Crippen LogP contribution in [0.25, 0.3) is 5.69 Å². The predicted molar refractivity (Wildman–Crippen MR) is 59.4 cm³/mol. The van der Waals surface area contributed by atoms with E-state index in [1.165, 1.54) is 0 Å². The maximum Gasteiger partial charge on any atom is 0.159 e. The topological polar surface area (TPSA) is 61.8 Å². The summed E-state index contributed by atoms with van der Waals surface area (Å²) in [7, 11) is 0. The van der Waals surface area contributed by atoms with Gasteiger partial charge >= 0.3 is 0 Å². The molecule has 0 saturated carbocycles. The monoisotopic (exact) mass is 213 g/mol. The molecule has 1 aromatic heterocycles. The first-order valence-electron chi connectivity index (χ1n) is 4.89. The lowest BCUT2D eigenvalue weighted by atomic mass is 10.2. The fourth-order valence-corrected chi connectivity index (χ4v) is 1.59. The lowest BCUT2D eigenvalue weighted by molar-refractivity contribution is 0.466. The Kier molecular flexibility index (Phi) is 2.37. The van der Waals surface area contributed by atoms with Crippen molar-refractivity contribution in [1.82, 2.24) is 9.78 Å². The summed E-state index contributed by atoms with van der Waals surface area (Å²) < 4.78 is 1.63. The Balaban J connectivity index is 2.59. The maximum atomic E-state index is 9.67. The van der Waals surface area contributed by atoms with E-state index in [0.717, 1.165) is 5.69 Å². The quantitative estimate of drug-likeness (QED) is 0.788. The van der Waals surface area contributed by atoms with Crippen molar-refractivity contribution in [2.45, 2.75) is 13.8 Å². The van der Waals surface area contributed by atoms with E-state index in [1.807, 2.05) is 6.07 Å². The molecule has 0 aliphatic rings. The van der Waals surface area contributed by atoms with Crippen LogP contribution in [0.2, 0.25) is 0 Å². The van der Waals surface area contributed by atoms with E-state index in [2.05, 4.69) is 11.2 Å². The predicted octanol–water partition coefficient (Wildman–Crippen LogP) is 2.07. The van der Waals surface area contributed by atoms with E-state index in [-0.39, 0.29) is 5.75 Å². The lowest BCUT2D eigenvalue weighted by Gasteiger charge is -2.03. The summed E-state index contributed by atoms with van der Waals surface area (Å²) >= 11 is 0. The first-order chi connectivity index (χ1) is 7.63. The molecule has 0 aliphatic heterocycles. The van der Waals surface area contributed by atoms with Gasteiger partial charge in [0.2, 0.25) is 0 Å². The van der Waals surface area contributed by atoms with Gasteiger partial charge in [-0.25, -0.2) is 4.68 Å². The molecule has 0 spiro atoms. The highest BCUT2D eigenvalue weighted by molar-refractivity contribution is 5.44. The molecule has 1 N–H and O–H groups in total. The number of nitriles is 1. The van der Waals surface area contributed by atoms with Crippen LogP contribution in [0.15, 0.2) is 24.3 Å². The first-order valence-corrected chi connectivity index (χ1v) is 4.89. The highest BCUT2D eigenvalue weighted by Gasteiger charge is 2.11. The smallest absolute Gasteiger partial charge is 0.159 e. The van der Waals surface area contributed by atoms with Crippen LogP contribution in [0.3, 0.4) is 0 Å². The third-order valence-electron chi connectivity index (χ3n) is 2.47. The molecule has 0 unspecified atom stereocenters. The van der Waals surface area contributed by atoms with Crippen LogP contribution in [0.5, 0.6) is 5.75 Å². The number of rotatable bonds is 1. The van der Waals surface area contributed by atoms with Crippen molar-refractivity contribution in [3.63, 3.8) is 0 Å². The minimum Gasteiger partial charge on any atom is -0.504 e. The van der Waals surface area contributed by atoms with Gasteiger partial charge in [0, 0.05) is 0 Å². The standard InChI is InChI=1S/C12H11N3O/c1-8-12(16)9(2)15(14-8)11-5-3-4-10(6-11)7-13/h3-6,16H,1-2H3. The van der Waals surface area contributed by atoms with Crippen LogP contribution in [0, 0.1) is 25.2 Å². The van der Waals surface area contributed by atoms with E-state index in [1.54, 1.807) is 36.7 Å². The summed E-state index contributed by atoms with van der Waals surface area (Å²) in [5.74, 6) is 0.197. The number of aromatic nitrogens is 2. The van der Waals surface area contributed by atoms with Gasteiger partial charge in [0.15, 0.2) is 5.75 Å². The molecule has 4 heteroatoms. The van der Waals surface area contributed by atoms with Crippen molar-refractivity contribution < 1.29 is 5.11 Å². The summed E-state index contributed by atoms with van der Waals surface area (Å²) in [5.41, 5.74) is 2.61. The number of hydrogen-bond acceptors (Lipinski definition) is 3. The van der Waals surface area contributed by atoms with Crippen LogP contribution in [-0.2, 0) is 0 Å². The zero-order chi connectivity index (χ0) is 11.7.